The molecule has 0 saturated carbocycles. The molecule has 0 unspecified atom stereocenters. The van der Waals surface area contributed by atoms with Crippen LogP contribution < -0.4 is 5.32 Å². The van der Waals surface area contributed by atoms with Gasteiger partial charge in [0.05, 0.1) is 0 Å². The molecule has 0 aromatic heterocycles. The zero-order chi connectivity index (χ0) is 14.0. The maximum atomic E-state index is 11.2. The molecule has 6 heteroatoms. The molecule has 18 heavy (non-hydrogen) atoms. The van der Waals surface area contributed by atoms with Crippen LogP contribution in [0.4, 0.5) is 0 Å². The first-order valence-electron chi connectivity index (χ1n) is 6.20. The fourth-order valence-electron chi connectivity index (χ4n) is 1.25. The number of carbonyl (C=O) groups excluding carboxylic acids is 1. The lowest BCUT2D eigenvalue weighted by molar-refractivity contribution is -0.143. The number of amides is 1. The second-order valence-corrected chi connectivity index (χ2v) is 4.52. The van der Waals surface area contributed by atoms with E-state index >= 15 is 0 Å². The van der Waals surface area contributed by atoms with Crippen molar-refractivity contribution in [2.75, 3.05) is 33.4 Å². The van der Waals surface area contributed by atoms with E-state index in [0.29, 0.717) is 12.6 Å². The number of aliphatic carboxylic acids is 1. The molecule has 0 radical (unpaired) electrons. The van der Waals surface area contributed by atoms with Gasteiger partial charge in [0, 0.05) is 12.6 Å². The molecule has 0 rings (SSSR count). The highest BCUT2D eigenvalue weighted by Gasteiger charge is 2.04. The van der Waals surface area contributed by atoms with Crippen LogP contribution in [0, 0.1) is 0 Å². The number of rotatable bonds is 10. The lowest BCUT2D eigenvalue weighted by Crippen LogP contribution is -2.31. The Bertz CT molecular complexity index is 256. The summed E-state index contributed by atoms with van der Waals surface area (Å²) in [7, 11) is 2.07. The standard InChI is InChI=1S/C12H24N2O4/c1-10(2)14(3)7-5-4-6-13-11(15)8-18-9-12(16)17/h10H,4-9H2,1-3H3,(H,13,15)(H,16,17). The van der Waals surface area contributed by atoms with Crippen molar-refractivity contribution in [2.45, 2.75) is 32.7 Å². The first-order chi connectivity index (χ1) is 8.43. The van der Waals surface area contributed by atoms with Crippen molar-refractivity contribution in [3.8, 4) is 0 Å². The molecular weight excluding hydrogens is 236 g/mol. The van der Waals surface area contributed by atoms with Crippen LogP contribution in [0.5, 0.6) is 0 Å². The highest BCUT2D eigenvalue weighted by atomic mass is 16.5. The molecule has 0 heterocycles. The number of hydrogen-bond donors (Lipinski definition) is 2. The second-order valence-electron chi connectivity index (χ2n) is 4.52. The smallest absolute Gasteiger partial charge is 0.329 e. The van der Waals surface area contributed by atoms with E-state index < -0.39 is 12.6 Å². The Labute approximate surface area is 108 Å². The van der Waals surface area contributed by atoms with Crippen LogP contribution in [-0.4, -0.2) is 61.3 Å². The summed E-state index contributed by atoms with van der Waals surface area (Å²) in [6.45, 7) is 5.25. The van der Waals surface area contributed by atoms with Crippen molar-refractivity contribution in [3.05, 3.63) is 0 Å². The molecule has 0 aliphatic rings. The predicted octanol–water partition coefficient (Wildman–Crippen LogP) is 0.324. The SMILES string of the molecule is CC(C)N(C)CCCCNC(=O)COCC(=O)O. The van der Waals surface area contributed by atoms with E-state index in [1.54, 1.807) is 0 Å². The Morgan fingerprint density at radius 2 is 1.94 bits per heavy atom. The van der Waals surface area contributed by atoms with Crippen LogP contribution in [-0.2, 0) is 14.3 Å². The monoisotopic (exact) mass is 260 g/mol. The van der Waals surface area contributed by atoms with E-state index in [1.165, 1.54) is 0 Å². The van der Waals surface area contributed by atoms with Gasteiger partial charge in [0.15, 0.2) is 0 Å². The molecule has 2 N–H and O–H groups in total. The van der Waals surface area contributed by atoms with E-state index in [4.69, 9.17) is 5.11 Å². The molecular formula is C12H24N2O4. The minimum Gasteiger partial charge on any atom is -0.480 e. The van der Waals surface area contributed by atoms with Crippen molar-refractivity contribution in [1.82, 2.24) is 10.2 Å². The number of unbranched alkanes of at least 4 members (excludes halogenated alkanes) is 1. The van der Waals surface area contributed by atoms with Gasteiger partial charge in [0.1, 0.15) is 13.2 Å². The lowest BCUT2D eigenvalue weighted by Gasteiger charge is -2.20. The van der Waals surface area contributed by atoms with Gasteiger partial charge < -0.3 is 20.1 Å². The van der Waals surface area contributed by atoms with E-state index in [9.17, 15) is 9.59 Å². The maximum Gasteiger partial charge on any atom is 0.329 e. The number of carboxylic acid groups (broad SMARTS) is 1. The van der Waals surface area contributed by atoms with Crippen molar-refractivity contribution in [2.24, 2.45) is 0 Å². The molecule has 0 aliphatic carbocycles. The maximum absolute atomic E-state index is 11.2. The third-order valence-electron chi connectivity index (χ3n) is 2.60. The molecule has 0 aromatic rings. The summed E-state index contributed by atoms with van der Waals surface area (Å²) >= 11 is 0. The highest BCUT2D eigenvalue weighted by Crippen LogP contribution is 1.97. The average molecular weight is 260 g/mol. The number of carboxylic acids is 1. The summed E-state index contributed by atoms with van der Waals surface area (Å²) in [4.78, 5) is 23.6. The van der Waals surface area contributed by atoms with Gasteiger partial charge in [-0.25, -0.2) is 4.79 Å². The molecule has 1 amide bonds. The zero-order valence-electron chi connectivity index (χ0n) is 11.4. The molecule has 0 aromatic carbocycles. The minimum absolute atomic E-state index is 0.196. The van der Waals surface area contributed by atoms with Gasteiger partial charge in [-0.05, 0) is 40.3 Å². The van der Waals surface area contributed by atoms with Gasteiger partial charge in [-0.2, -0.15) is 0 Å². The molecule has 0 aliphatic heterocycles. The topological polar surface area (TPSA) is 78.9 Å². The Kier molecular flexibility index (Phi) is 9.22. The van der Waals surface area contributed by atoms with Crippen molar-refractivity contribution in [1.29, 1.82) is 0 Å². The summed E-state index contributed by atoms with van der Waals surface area (Å²) in [5.41, 5.74) is 0. The molecule has 6 nitrogen and oxygen atoms in total. The lowest BCUT2D eigenvalue weighted by atomic mass is 10.2. The molecule has 0 atom stereocenters. The molecule has 0 bridgehead atoms. The van der Waals surface area contributed by atoms with Gasteiger partial charge in [0.25, 0.3) is 0 Å². The summed E-state index contributed by atoms with van der Waals surface area (Å²) in [6, 6.07) is 0.531. The van der Waals surface area contributed by atoms with Crippen LogP contribution in [0.15, 0.2) is 0 Å². The number of ether oxygens (including phenoxy) is 1. The second kappa shape index (κ2) is 9.85. The average Bonchev–Trinajstić information content (AvgIpc) is 2.27. The Morgan fingerprint density at radius 3 is 2.50 bits per heavy atom. The van der Waals surface area contributed by atoms with E-state index in [1.807, 2.05) is 0 Å². The summed E-state index contributed by atoms with van der Waals surface area (Å²) in [6.07, 6.45) is 1.92. The predicted molar refractivity (Wildman–Crippen MR) is 68.5 cm³/mol. The highest BCUT2D eigenvalue weighted by molar-refractivity contribution is 5.77. The van der Waals surface area contributed by atoms with Gasteiger partial charge in [0.2, 0.25) is 5.91 Å². The quantitative estimate of drug-likeness (QED) is 0.553. The van der Waals surface area contributed by atoms with Gasteiger partial charge in [-0.15, -0.1) is 0 Å². The fraction of sp³-hybridized carbons (Fsp3) is 0.833. The van der Waals surface area contributed by atoms with Crippen molar-refractivity contribution in [3.63, 3.8) is 0 Å². The number of carbonyl (C=O) groups is 2. The van der Waals surface area contributed by atoms with Crippen molar-refractivity contribution < 1.29 is 19.4 Å². The Balaban J connectivity index is 3.38. The summed E-state index contributed by atoms with van der Waals surface area (Å²) in [5.74, 6) is -1.34. The van der Waals surface area contributed by atoms with E-state index in [-0.39, 0.29) is 12.5 Å². The molecule has 0 spiro atoms. The zero-order valence-corrected chi connectivity index (χ0v) is 11.4. The number of nitrogens with zero attached hydrogens (tertiary/aromatic N) is 1. The summed E-state index contributed by atoms with van der Waals surface area (Å²) in [5, 5.41) is 11.0. The third-order valence-corrected chi connectivity index (χ3v) is 2.60. The Morgan fingerprint density at radius 1 is 1.28 bits per heavy atom. The fourth-order valence-corrected chi connectivity index (χ4v) is 1.25. The number of hydrogen-bond acceptors (Lipinski definition) is 4. The largest absolute Gasteiger partial charge is 0.480 e. The van der Waals surface area contributed by atoms with E-state index in [0.717, 1.165) is 19.4 Å². The van der Waals surface area contributed by atoms with Crippen LogP contribution in [0.1, 0.15) is 26.7 Å². The molecule has 0 fully saturated rings. The first-order valence-corrected chi connectivity index (χ1v) is 6.20. The van der Waals surface area contributed by atoms with Gasteiger partial charge >= 0.3 is 5.97 Å². The van der Waals surface area contributed by atoms with Gasteiger partial charge in [-0.1, -0.05) is 0 Å². The normalized spacial score (nSPS) is 10.9. The van der Waals surface area contributed by atoms with Crippen LogP contribution in [0.25, 0.3) is 0 Å². The molecule has 106 valence electrons. The van der Waals surface area contributed by atoms with E-state index in [2.05, 4.69) is 35.8 Å². The molecule has 0 saturated heterocycles. The first kappa shape index (κ1) is 16.9. The summed E-state index contributed by atoms with van der Waals surface area (Å²) < 4.78 is 4.66. The van der Waals surface area contributed by atoms with Crippen LogP contribution in [0.2, 0.25) is 0 Å². The van der Waals surface area contributed by atoms with Crippen molar-refractivity contribution >= 4 is 11.9 Å². The number of nitrogens with one attached hydrogen (secondary N) is 1. The Hall–Kier alpha value is -1.14. The van der Waals surface area contributed by atoms with Crippen LogP contribution in [0.3, 0.4) is 0 Å². The van der Waals surface area contributed by atoms with Crippen LogP contribution >= 0.6 is 0 Å². The minimum atomic E-state index is -1.07. The third kappa shape index (κ3) is 10.0. The van der Waals surface area contributed by atoms with Gasteiger partial charge in [-0.3, -0.25) is 4.79 Å².